The largest absolute Gasteiger partial charge is 0.385 e. The molecule has 0 radical (unpaired) electrons. The zero-order valence-corrected chi connectivity index (χ0v) is 10.8. The fraction of sp³-hybridized carbons (Fsp3) is 0.727. The standard InChI is InChI=1S/C11H20N2OS/c1-5-9-8(2)15-10(13-9)11(3,12)6-7-14-4/h5-7,12H2,1-4H3. The van der Waals surface area contributed by atoms with Crippen molar-refractivity contribution in [2.45, 2.75) is 39.2 Å². The Hall–Kier alpha value is -0.450. The maximum Gasteiger partial charge on any atom is 0.113 e. The second kappa shape index (κ2) is 5.05. The number of hydrogen-bond donors (Lipinski definition) is 1. The first-order valence-electron chi connectivity index (χ1n) is 5.26. The number of nitrogens with zero attached hydrogens (tertiary/aromatic N) is 1. The van der Waals surface area contributed by atoms with Gasteiger partial charge in [-0.15, -0.1) is 11.3 Å². The number of nitrogens with two attached hydrogens (primary N) is 1. The van der Waals surface area contributed by atoms with Crippen LogP contribution >= 0.6 is 11.3 Å². The molecule has 1 rings (SSSR count). The van der Waals surface area contributed by atoms with Crippen molar-refractivity contribution in [2.75, 3.05) is 13.7 Å². The molecule has 0 saturated heterocycles. The van der Waals surface area contributed by atoms with E-state index in [2.05, 4.69) is 18.8 Å². The van der Waals surface area contributed by atoms with E-state index in [1.54, 1.807) is 18.4 Å². The summed E-state index contributed by atoms with van der Waals surface area (Å²) in [5.41, 5.74) is 7.04. The highest BCUT2D eigenvalue weighted by molar-refractivity contribution is 7.11. The molecule has 1 unspecified atom stereocenters. The van der Waals surface area contributed by atoms with Gasteiger partial charge in [0.05, 0.1) is 11.2 Å². The van der Waals surface area contributed by atoms with E-state index in [1.807, 2.05) is 6.92 Å². The van der Waals surface area contributed by atoms with Crippen LogP contribution in [-0.2, 0) is 16.7 Å². The van der Waals surface area contributed by atoms with Crippen LogP contribution in [0.5, 0.6) is 0 Å². The summed E-state index contributed by atoms with van der Waals surface area (Å²) in [4.78, 5) is 5.87. The van der Waals surface area contributed by atoms with Gasteiger partial charge in [0.1, 0.15) is 5.01 Å². The van der Waals surface area contributed by atoms with Gasteiger partial charge >= 0.3 is 0 Å². The van der Waals surface area contributed by atoms with Crippen molar-refractivity contribution in [3.63, 3.8) is 0 Å². The molecule has 0 spiro atoms. The molecule has 1 aromatic rings. The van der Waals surface area contributed by atoms with E-state index in [9.17, 15) is 0 Å². The predicted molar refractivity (Wildman–Crippen MR) is 64.3 cm³/mol. The molecular formula is C11H20N2OS. The Kier molecular flexibility index (Phi) is 4.25. The molecule has 15 heavy (non-hydrogen) atoms. The second-order valence-electron chi connectivity index (χ2n) is 4.04. The van der Waals surface area contributed by atoms with Crippen LogP contribution in [0.15, 0.2) is 0 Å². The number of methoxy groups -OCH3 is 1. The first-order chi connectivity index (χ1) is 7.01. The zero-order valence-electron chi connectivity index (χ0n) is 9.96. The van der Waals surface area contributed by atoms with Gasteiger partial charge in [-0.25, -0.2) is 4.98 Å². The van der Waals surface area contributed by atoms with E-state index in [4.69, 9.17) is 10.5 Å². The summed E-state index contributed by atoms with van der Waals surface area (Å²) in [6.45, 7) is 6.91. The van der Waals surface area contributed by atoms with Gasteiger partial charge in [0, 0.05) is 18.6 Å². The summed E-state index contributed by atoms with van der Waals surface area (Å²) < 4.78 is 5.06. The number of thiazole rings is 1. The first-order valence-corrected chi connectivity index (χ1v) is 6.07. The Morgan fingerprint density at radius 3 is 2.67 bits per heavy atom. The van der Waals surface area contributed by atoms with Crippen molar-refractivity contribution in [3.8, 4) is 0 Å². The van der Waals surface area contributed by atoms with Gasteiger partial charge in [0.25, 0.3) is 0 Å². The molecule has 0 aliphatic heterocycles. The van der Waals surface area contributed by atoms with Crippen molar-refractivity contribution in [2.24, 2.45) is 5.73 Å². The molecular weight excluding hydrogens is 208 g/mol. The number of rotatable bonds is 5. The van der Waals surface area contributed by atoms with E-state index in [0.717, 1.165) is 17.8 Å². The fourth-order valence-corrected chi connectivity index (χ4v) is 2.51. The van der Waals surface area contributed by atoms with Crippen LogP contribution in [0.4, 0.5) is 0 Å². The Balaban J connectivity index is 2.84. The quantitative estimate of drug-likeness (QED) is 0.840. The molecule has 0 bridgehead atoms. The van der Waals surface area contributed by atoms with Crippen LogP contribution in [0.25, 0.3) is 0 Å². The van der Waals surface area contributed by atoms with Crippen LogP contribution in [-0.4, -0.2) is 18.7 Å². The molecule has 1 heterocycles. The average Bonchev–Trinajstić information content (AvgIpc) is 2.57. The average molecular weight is 228 g/mol. The topological polar surface area (TPSA) is 48.1 Å². The van der Waals surface area contributed by atoms with Crippen molar-refractivity contribution in [3.05, 3.63) is 15.6 Å². The molecule has 3 nitrogen and oxygen atoms in total. The van der Waals surface area contributed by atoms with Crippen LogP contribution in [0.1, 0.15) is 35.8 Å². The van der Waals surface area contributed by atoms with Crippen molar-refractivity contribution < 1.29 is 4.74 Å². The molecule has 86 valence electrons. The van der Waals surface area contributed by atoms with Gasteiger partial charge in [-0.1, -0.05) is 6.92 Å². The molecule has 0 aliphatic carbocycles. The van der Waals surface area contributed by atoms with Crippen LogP contribution in [0.2, 0.25) is 0 Å². The van der Waals surface area contributed by atoms with Crippen molar-refractivity contribution >= 4 is 11.3 Å². The van der Waals surface area contributed by atoms with Gasteiger partial charge in [0.15, 0.2) is 0 Å². The minimum absolute atomic E-state index is 0.362. The third-order valence-electron chi connectivity index (χ3n) is 2.54. The number of aryl methyl sites for hydroxylation is 2. The van der Waals surface area contributed by atoms with Crippen molar-refractivity contribution in [1.29, 1.82) is 0 Å². The number of ether oxygens (including phenoxy) is 1. The predicted octanol–water partition coefficient (Wildman–Crippen LogP) is 2.22. The van der Waals surface area contributed by atoms with Gasteiger partial charge in [-0.05, 0) is 26.7 Å². The molecule has 0 aliphatic rings. The molecule has 0 fully saturated rings. The Labute approximate surface area is 95.7 Å². The molecule has 2 N–H and O–H groups in total. The lowest BCUT2D eigenvalue weighted by Gasteiger charge is -2.21. The smallest absolute Gasteiger partial charge is 0.113 e. The van der Waals surface area contributed by atoms with E-state index in [1.165, 1.54) is 10.6 Å². The van der Waals surface area contributed by atoms with Gasteiger partial charge in [0.2, 0.25) is 0 Å². The van der Waals surface area contributed by atoms with Crippen LogP contribution in [0.3, 0.4) is 0 Å². The number of hydrogen-bond acceptors (Lipinski definition) is 4. The fourth-order valence-electron chi connectivity index (χ4n) is 1.42. The highest BCUT2D eigenvalue weighted by atomic mass is 32.1. The summed E-state index contributed by atoms with van der Waals surface area (Å²) in [5, 5.41) is 1.02. The molecule has 0 aromatic carbocycles. The summed E-state index contributed by atoms with van der Waals surface area (Å²) in [6.07, 6.45) is 1.78. The van der Waals surface area contributed by atoms with Gasteiger partial charge in [-0.2, -0.15) is 0 Å². The highest BCUT2D eigenvalue weighted by Crippen LogP contribution is 2.28. The summed E-state index contributed by atoms with van der Waals surface area (Å²) in [6, 6.07) is 0. The molecule has 0 saturated carbocycles. The lowest BCUT2D eigenvalue weighted by atomic mass is 10.0. The lowest BCUT2D eigenvalue weighted by Crippen LogP contribution is -2.34. The SMILES string of the molecule is CCc1nc(C(C)(N)CCOC)sc1C. The van der Waals surface area contributed by atoms with Crippen molar-refractivity contribution in [1.82, 2.24) is 4.98 Å². The zero-order chi connectivity index (χ0) is 11.5. The summed E-state index contributed by atoms with van der Waals surface area (Å²) >= 11 is 1.70. The molecule has 1 atom stereocenters. The van der Waals surface area contributed by atoms with Crippen LogP contribution < -0.4 is 5.73 Å². The molecule has 1 aromatic heterocycles. The monoisotopic (exact) mass is 228 g/mol. The normalized spacial score (nSPS) is 15.3. The third-order valence-corrected chi connectivity index (χ3v) is 3.83. The summed E-state index contributed by atoms with van der Waals surface area (Å²) in [5.74, 6) is 0. The molecule has 0 amide bonds. The minimum atomic E-state index is -0.362. The highest BCUT2D eigenvalue weighted by Gasteiger charge is 2.25. The van der Waals surface area contributed by atoms with Gasteiger partial charge < -0.3 is 10.5 Å². The first kappa shape index (κ1) is 12.6. The van der Waals surface area contributed by atoms with E-state index < -0.39 is 0 Å². The molecule has 4 heteroatoms. The Morgan fingerprint density at radius 2 is 2.20 bits per heavy atom. The Bertz CT molecular complexity index is 320. The Morgan fingerprint density at radius 1 is 1.53 bits per heavy atom. The van der Waals surface area contributed by atoms with E-state index in [-0.39, 0.29) is 5.54 Å². The van der Waals surface area contributed by atoms with Gasteiger partial charge in [-0.3, -0.25) is 0 Å². The third kappa shape index (κ3) is 3.00. The lowest BCUT2D eigenvalue weighted by molar-refractivity contribution is 0.172. The maximum absolute atomic E-state index is 6.23. The van der Waals surface area contributed by atoms with E-state index >= 15 is 0 Å². The summed E-state index contributed by atoms with van der Waals surface area (Å²) in [7, 11) is 1.70. The maximum atomic E-state index is 6.23. The number of aromatic nitrogens is 1. The minimum Gasteiger partial charge on any atom is -0.385 e. The van der Waals surface area contributed by atoms with E-state index in [0.29, 0.717) is 6.61 Å². The second-order valence-corrected chi connectivity index (χ2v) is 5.24. The van der Waals surface area contributed by atoms with Crippen LogP contribution in [0, 0.1) is 6.92 Å².